The normalized spacial score (nSPS) is 24.1. The second-order valence-corrected chi connectivity index (χ2v) is 4.08. The molecule has 1 aromatic carbocycles. The predicted octanol–water partition coefficient (Wildman–Crippen LogP) is 2.30. The smallest absolute Gasteiger partial charge is 0.0810 e. The van der Waals surface area contributed by atoms with E-state index < -0.39 is 0 Å². The number of rotatable bonds is 4. The van der Waals surface area contributed by atoms with E-state index >= 15 is 0 Å². The van der Waals surface area contributed by atoms with Gasteiger partial charge in [-0.3, -0.25) is 0 Å². The summed E-state index contributed by atoms with van der Waals surface area (Å²) in [5.41, 5.74) is 2.83. The lowest BCUT2D eigenvalue weighted by Crippen LogP contribution is -2.28. The molecule has 1 aliphatic rings. The molecule has 2 atom stereocenters. The van der Waals surface area contributed by atoms with Crippen LogP contribution in [0.15, 0.2) is 24.3 Å². The molecule has 2 nitrogen and oxygen atoms in total. The molecule has 0 bridgehead atoms. The molecular formula is C13H19NO. The van der Waals surface area contributed by atoms with E-state index in [9.17, 15) is 0 Å². The van der Waals surface area contributed by atoms with Gasteiger partial charge in [0.05, 0.1) is 12.1 Å². The SMILES string of the molecule is CCCOC1Cc2ccccc2C1NC. The molecule has 0 fully saturated rings. The fraction of sp³-hybridized carbons (Fsp3) is 0.538. The van der Waals surface area contributed by atoms with Gasteiger partial charge in [-0.2, -0.15) is 0 Å². The first-order valence-electron chi connectivity index (χ1n) is 5.73. The number of hydrogen-bond donors (Lipinski definition) is 1. The highest BCUT2D eigenvalue weighted by molar-refractivity contribution is 5.36. The molecule has 15 heavy (non-hydrogen) atoms. The Morgan fingerprint density at radius 2 is 2.20 bits per heavy atom. The molecule has 0 aromatic heterocycles. The second kappa shape index (κ2) is 4.77. The van der Waals surface area contributed by atoms with Crippen molar-refractivity contribution in [3.63, 3.8) is 0 Å². The summed E-state index contributed by atoms with van der Waals surface area (Å²) in [5.74, 6) is 0. The average molecular weight is 205 g/mol. The molecule has 0 saturated carbocycles. The number of likely N-dealkylation sites (N-methyl/N-ethyl adjacent to an activating group) is 1. The highest BCUT2D eigenvalue weighted by Gasteiger charge is 2.31. The van der Waals surface area contributed by atoms with Crippen LogP contribution in [0.2, 0.25) is 0 Å². The first-order valence-corrected chi connectivity index (χ1v) is 5.73. The number of ether oxygens (including phenoxy) is 1. The highest BCUT2D eigenvalue weighted by Crippen LogP contribution is 2.32. The van der Waals surface area contributed by atoms with Crippen LogP contribution in [0, 0.1) is 0 Å². The molecule has 0 heterocycles. The third kappa shape index (κ3) is 2.06. The molecule has 1 N–H and O–H groups in total. The van der Waals surface area contributed by atoms with E-state index in [4.69, 9.17) is 4.74 Å². The average Bonchev–Trinajstić information content (AvgIpc) is 2.63. The lowest BCUT2D eigenvalue weighted by Gasteiger charge is -2.20. The van der Waals surface area contributed by atoms with Gasteiger partial charge in [0, 0.05) is 13.0 Å². The third-order valence-corrected chi connectivity index (χ3v) is 3.03. The van der Waals surface area contributed by atoms with Gasteiger partial charge in [0.15, 0.2) is 0 Å². The summed E-state index contributed by atoms with van der Waals surface area (Å²) in [6.07, 6.45) is 2.44. The van der Waals surface area contributed by atoms with Crippen molar-refractivity contribution < 1.29 is 4.74 Å². The zero-order valence-electron chi connectivity index (χ0n) is 9.49. The molecule has 0 spiro atoms. The summed E-state index contributed by atoms with van der Waals surface area (Å²) >= 11 is 0. The predicted molar refractivity (Wildman–Crippen MR) is 62.0 cm³/mol. The minimum absolute atomic E-state index is 0.312. The molecule has 0 aliphatic heterocycles. The summed E-state index contributed by atoms with van der Waals surface area (Å²) in [4.78, 5) is 0. The van der Waals surface area contributed by atoms with E-state index in [1.807, 2.05) is 7.05 Å². The van der Waals surface area contributed by atoms with Crippen LogP contribution in [0.3, 0.4) is 0 Å². The molecule has 2 rings (SSSR count). The summed E-state index contributed by atoms with van der Waals surface area (Å²) in [5, 5.41) is 3.35. The minimum Gasteiger partial charge on any atom is -0.376 e. The van der Waals surface area contributed by atoms with Crippen molar-refractivity contribution in [2.75, 3.05) is 13.7 Å². The van der Waals surface area contributed by atoms with Crippen LogP contribution in [-0.4, -0.2) is 19.8 Å². The fourth-order valence-corrected chi connectivity index (χ4v) is 2.32. The fourth-order valence-electron chi connectivity index (χ4n) is 2.32. The van der Waals surface area contributed by atoms with E-state index in [0.717, 1.165) is 19.4 Å². The maximum absolute atomic E-state index is 5.88. The molecule has 82 valence electrons. The van der Waals surface area contributed by atoms with Crippen molar-refractivity contribution in [1.82, 2.24) is 5.32 Å². The van der Waals surface area contributed by atoms with E-state index in [-0.39, 0.29) is 0 Å². The van der Waals surface area contributed by atoms with Gasteiger partial charge in [0.25, 0.3) is 0 Å². The van der Waals surface area contributed by atoms with Crippen molar-refractivity contribution in [1.29, 1.82) is 0 Å². The van der Waals surface area contributed by atoms with Crippen molar-refractivity contribution in [3.8, 4) is 0 Å². The lowest BCUT2D eigenvalue weighted by molar-refractivity contribution is 0.0369. The van der Waals surface area contributed by atoms with Gasteiger partial charge in [-0.15, -0.1) is 0 Å². The maximum atomic E-state index is 5.88. The quantitative estimate of drug-likeness (QED) is 0.814. The van der Waals surface area contributed by atoms with Crippen LogP contribution in [0.1, 0.15) is 30.5 Å². The summed E-state index contributed by atoms with van der Waals surface area (Å²) in [6, 6.07) is 8.98. The molecule has 1 aliphatic carbocycles. The Morgan fingerprint density at radius 1 is 1.40 bits per heavy atom. The summed E-state index contributed by atoms with van der Waals surface area (Å²) < 4.78 is 5.88. The molecular weight excluding hydrogens is 186 g/mol. The zero-order valence-corrected chi connectivity index (χ0v) is 9.49. The topological polar surface area (TPSA) is 21.3 Å². The van der Waals surface area contributed by atoms with Crippen molar-refractivity contribution in [2.24, 2.45) is 0 Å². The van der Waals surface area contributed by atoms with Gasteiger partial charge >= 0.3 is 0 Å². The Morgan fingerprint density at radius 3 is 2.93 bits per heavy atom. The van der Waals surface area contributed by atoms with Crippen LogP contribution >= 0.6 is 0 Å². The zero-order chi connectivity index (χ0) is 10.7. The van der Waals surface area contributed by atoms with Crippen molar-refractivity contribution in [2.45, 2.75) is 31.9 Å². The first-order chi connectivity index (χ1) is 7.36. The van der Waals surface area contributed by atoms with E-state index in [1.165, 1.54) is 11.1 Å². The van der Waals surface area contributed by atoms with Gasteiger partial charge < -0.3 is 10.1 Å². The van der Waals surface area contributed by atoms with Crippen LogP contribution < -0.4 is 5.32 Å². The molecule has 2 unspecified atom stereocenters. The van der Waals surface area contributed by atoms with Gasteiger partial charge in [0.2, 0.25) is 0 Å². The van der Waals surface area contributed by atoms with Crippen molar-refractivity contribution in [3.05, 3.63) is 35.4 Å². The summed E-state index contributed by atoms with van der Waals surface area (Å²) in [7, 11) is 2.01. The largest absolute Gasteiger partial charge is 0.376 e. The standard InChI is InChI=1S/C13H19NO/c1-3-8-15-12-9-10-6-4-5-7-11(10)13(12)14-2/h4-7,12-14H,3,8-9H2,1-2H3. The third-order valence-electron chi connectivity index (χ3n) is 3.03. The van der Waals surface area contributed by atoms with E-state index in [2.05, 4.69) is 36.5 Å². The maximum Gasteiger partial charge on any atom is 0.0810 e. The van der Waals surface area contributed by atoms with Crippen molar-refractivity contribution >= 4 is 0 Å². The Bertz CT molecular complexity index is 324. The number of fused-ring (bicyclic) bond motifs is 1. The minimum atomic E-state index is 0.312. The number of hydrogen-bond acceptors (Lipinski definition) is 2. The Labute approximate surface area is 91.6 Å². The van der Waals surface area contributed by atoms with Gasteiger partial charge in [-0.05, 0) is 24.6 Å². The second-order valence-electron chi connectivity index (χ2n) is 4.08. The highest BCUT2D eigenvalue weighted by atomic mass is 16.5. The van der Waals surface area contributed by atoms with E-state index in [1.54, 1.807) is 0 Å². The molecule has 1 aromatic rings. The number of benzene rings is 1. The molecule has 0 saturated heterocycles. The van der Waals surface area contributed by atoms with Gasteiger partial charge in [-0.1, -0.05) is 31.2 Å². The Balaban J connectivity index is 2.13. The Hall–Kier alpha value is -0.860. The first kappa shape index (κ1) is 10.7. The van der Waals surface area contributed by atoms with Gasteiger partial charge in [-0.25, -0.2) is 0 Å². The van der Waals surface area contributed by atoms with Crippen LogP contribution in [0.4, 0.5) is 0 Å². The van der Waals surface area contributed by atoms with Crippen LogP contribution in [0.25, 0.3) is 0 Å². The molecule has 0 radical (unpaired) electrons. The monoisotopic (exact) mass is 205 g/mol. The molecule has 2 heteroatoms. The van der Waals surface area contributed by atoms with Gasteiger partial charge in [0.1, 0.15) is 0 Å². The van der Waals surface area contributed by atoms with Crippen LogP contribution in [0.5, 0.6) is 0 Å². The van der Waals surface area contributed by atoms with Crippen LogP contribution in [-0.2, 0) is 11.2 Å². The summed E-state index contributed by atoms with van der Waals surface area (Å²) in [6.45, 7) is 3.01. The Kier molecular flexibility index (Phi) is 3.39. The van der Waals surface area contributed by atoms with E-state index in [0.29, 0.717) is 12.1 Å². The molecule has 0 amide bonds. The lowest BCUT2D eigenvalue weighted by atomic mass is 10.1. The number of nitrogens with one attached hydrogen (secondary N) is 1.